The van der Waals surface area contributed by atoms with E-state index in [2.05, 4.69) is 15.3 Å². The minimum absolute atomic E-state index is 0.0331. The first-order valence-electron chi connectivity index (χ1n) is 9.75. The third-order valence-corrected chi connectivity index (χ3v) is 7.26. The summed E-state index contributed by atoms with van der Waals surface area (Å²) < 4.78 is 90.4. The summed E-state index contributed by atoms with van der Waals surface area (Å²) in [5.74, 6) is -2.40. The lowest BCUT2D eigenvalue weighted by Gasteiger charge is -2.17. The molecule has 0 fully saturated rings. The summed E-state index contributed by atoms with van der Waals surface area (Å²) in [7, 11) is -6.32. The standard InChI is InChI=1S/C21H19F3N4O5S2/c1-12(29)28-35(32,33)16-10-4-13(5-11-16)17-18(14-6-8-15(9-7-14)34(3,30)31)26-20(21(22,23)24)27-19(17)25-2/h4-11H,1-3H3,(H,28,29)(H,25,26,27). The molecule has 0 spiro atoms. The number of rotatable bonds is 6. The third-order valence-electron chi connectivity index (χ3n) is 4.69. The maximum absolute atomic E-state index is 13.5. The van der Waals surface area contributed by atoms with E-state index in [1.807, 2.05) is 4.72 Å². The van der Waals surface area contributed by atoms with Crippen molar-refractivity contribution in [1.29, 1.82) is 0 Å². The van der Waals surface area contributed by atoms with Crippen LogP contribution in [0, 0.1) is 0 Å². The Morgan fingerprint density at radius 1 is 0.857 bits per heavy atom. The van der Waals surface area contributed by atoms with E-state index < -0.39 is 37.8 Å². The van der Waals surface area contributed by atoms with Gasteiger partial charge >= 0.3 is 6.18 Å². The fourth-order valence-electron chi connectivity index (χ4n) is 3.16. The number of aromatic nitrogens is 2. The molecular weight excluding hydrogens is 509 g/mol. The molecule has 2 aromatic carbocycles. The number of benzene rings is 2. The molecule has 0 unspecified atom stereocenters. The van der Waals surface area contributed by atoms with Crippen LogP contribution < -0.4 is 10.0 Å². The minimum Gasteiger partial charge on any atom is -0.372 e. The van der Waals surface area contributed by atoms with Gasteiger partial charge in [-0.1, -0.05) is 24.3 Å². The number of hydrogen-bond donors (Lipinski definition) is 2. The van der Waals surface area contributed by atoms with E-state index in [1.165, 1.54) is 55.6 Å². The van der Waals surface area contributed by atoms with Crippen molar-refractivity contribution in [2.45, 2.75) is 22.9 Å². The number of sulfone groups is 1. The Labute approximate surface area is 199 Å². The Hall–Kier alpha value is -3.52. The maximum Gasteiger partial charge on any atom is 0.451 e. The van der Waals surface area contributed by atoms with Crippen LogP contribution in [0.5, 0.6) is 0 Å². The fraction of sp³-hybridized carbons (Fsp3) is 0.190. The first kappa shape index (κ1) is 26.1. The first-order chi connectivity index (χ1) is 16.1. The number of nitrogens with zero attached hydrogens (tertiary/aromatic N) is 2. The molecule has 0 saturated carbocycles. The topological polar surface area (TPSA) is 135 Å². The fourth-order valence-corrected chi connectivity index (χ4v) is 4.78. The Morgan fingerprint density at radius 3 is 1.83 bits per heavy atom. The van der Waals surface area contributed by atoms with Gasteiger partial charge in [-0.25, -0.2) is 31.5 Å². The zero-order valence-electron chi connectivity index (χ0n) is 18.5. The van der Waals surface area contributed by atoms with Crippen molar-refractivity contribution < 1.29 is 34.8 Å². The minimum atomic E-state index is -4.87. The number of sulfonamides is 1. The molecule has 9 nitrogen and oxygen atoms in total. The van der Waals surface area contributed by atoms with Crippen LogP contribution in [0.25, 0.3) is 22.4 Å². The summed E-state index contributed by atoms with van der Waals surface area (Å²) in [6.45, 7) is 1.03. The van der Waals surface area contributed by atoms with Gasteiger partial charge in [0.2, 0.25) is 11.7 Å². The highest BCUT2D eigenvalue weighted by molar-refractivity contribution is 7.90. The molecule has 2 N–H and O–H groups in total. The van der Waals surface area contributed by atoms with Crippen molar-refractivity contribution in [2.24, 2.45) is 0 Å². The number of carbonyl (C=O) groups excluding carboxylic acids is 1. The molecule has 0 bridgehead atoms. The summed E-state index contributed by atoms with van der Waals surface area (Å²) in [6.07, 6.45) is -3.88. The van der Waals surface area contributed by atoms with E-state index in [4.69, 9.17) is 0 Å². The lowest BCUT2D eigenvalue weighted by atomic mass is 9.99. The number of anilines is 1. The summed E-state index contributed by atoms with van der Waals surface area (Å²) in [6, 6.07) is 10.1. The lowest BCUT2D eigenvalue weighted by Crippen LogP contribution is -2.28. The second-order valence-corrected chi connectivity index (χ2v) is 11.0. The Morgan fingerprint density at radius 2 is 1.37 bits per heavy atom. The van der Waals surface area contributed by atoms with E-state index in [0.29, 0.717) is 0 Å². The predicted octanol–water partition coefficient (Wildman–Crippen LogP) is 3.10. The van der Waals surface area contributed by atoms with Gasteiger partial charge in [0.05, 0.1) is 21.0 Å². The Kier molecular flexibility index (Phi) is 6.90. The van der Waals surface area contributed by atoms with Crippen LogP contribution in [-0.4, -0.2) is 46.0 Å². The lowest BCUT2D eigenvalue weighted by molar-refractivity contribution is -0.144. The first-order valence-corrected chi connectivity index (χ1v) is 13.1. The molecule has 0 aliphatic rings. The molecule has 14 heteroatoms. The van der Waals surface area contributed by atoms with Crippen LogP contribution in [0.3, 0.4) is 0 Å². The zero-order chi connectivity index (χ0) is 26.2. The van der Waals surface area contributed by atoms with E-state index in [9.17, 15) is 34.8 Å². The summed E-state index contributed by atoms with van der Waals surface area (Å²) >= 11 is 0. The van der Waals surface area contributed by atoms with Crippen molar-refractivity contribution in [3.8, 4) is 22.4 Å². The van der Waals surface area contributed by atoms with Gasteiger partial charge in [-0.05, 0) is 29.8 Å². The molecular formula is C21H19F3N4O5S2. The van der Waals surface area contributed by atoms with Crippen molar-refractivity contribution in [2.75, 3.05) is 18.6 Å². The van der Waals surface area contributed by atoms with Crippen LogP contribution >= 0.6 is 0 Å². The van der Waals surface area contributed by atoms with Gasteiger partial charge in [0.1, 0.15) is 5.82 Å². The highest BCUT2D eigenvalue weighted by atomic mass is 32.2. The van der Waals surface area contributed by atoms with Crippen molar-refractivity contribution >= 4 is 31.6 Å². The van der Waals surface area contributed by atoms with E-state index in [0.717, 1.165) is 13.2 Å². The second kappa shape index (κ2) is 9.26. The molecule has 1 aromatic heterocycles. The third kappa shape index (κ3) is 5.77. The van der Waals surface area contributed by atoms with Crippen LogP contribution in [0.2, 0.25) is 0 Å². The molecule has 0 saturated heterocycles. The summed E-state index contributed by atoms with van der Waals surface area (Å²) in [4.78, 5) is 18.2. The average Bonchev–Trinajstić information content (AvgIpc) is 2.76. The zero-order valence-corrected chi connectivity index (χ0v) is 20.1. The van der Waals surface area contributed by atoms with Gasteiger partial charge in [-0.3, -0.25) is 4.79 Å². The second-order valence-electron chi connectivity index (χ2n) is 7.35. The van der Waals surface area contributed by atoms with Gasteiger partial charge in [-0.15, -0.1) is 0 Å². The van der Waals surface area contributed by atoms with Crippen LogP contribution in [0.4, 0.5) is 19.0 Å². The molecule has 0 aliphatic heterocycles. The van der Waals surface area contributed by atoms with Gasteiger partial charge < -0.3 is 5.32 Å². The molecule has 3 aromatic rings. The smallest absolute Gasteiger partial charge is 0.372 e. The van der Waals surface area contributed by atoms with Gasteiger partial charge in [0.15, 0.2) is 9.84 Å². The number of halogens is 3. The van der Waals surface area contributed by atoms with Crippen molar-refractivity contribution in [3.05, 3.63) is 54.4 Å². The Balaban J connectivity index is 2.25. The van der Waals surface area contributed by atoms with Crippen LogP contribution in [0.15, 0.2) is 58.3 Å². The monoisotopic (exact) mass is 528 g/mol. The van der Waals surface area contributed by atoms with Crippen molar-refractivity contribution in [1.82, 2.24) is 14.7 Å². The molecule has 0 radical (unpaired) electrons. The largest absolute Gasteiger partial charge is 0.451 e. The molecule has 186 valence electrons. The molecule has 1 heterocycles. The van der Waals surface area contributed by atoms with Crippen molar-refractivity contribution in [3.63, 3.8) is 0 Å². The quantitative estimate of drug-likeness (QED) is 0.498. The number of carbonyl (C=O) groups is 1. The molecule has 0 atom stereocenters. The van der Waals surface area contributed by atoms with Gasteiger partial charge in [0.25, 0.3) is 10.0 Å². The number of amides is 1. The van der Waals surface area contributed by atoms with Gasteiger partial charge in [0, 0.05) is 25.8 Å². The number of alkyl halides is 3. The van der Waals surface area contributed by atoms with Gasteiger partial charge in [-0.2, -0.15) is 13.2 Å². The van der Waals surface area contributed by atoms with Crippen LogP contribution in [0.1, 0.15) is 12.7 Å². The molecule has 35 heavy (non-hydrogen) atoms. The summed E-state index contributed by atoms with van der Waals surface area (Å²) in [5, 5.41) is 2.60. The molecule has 3 rings (SSSR count). The van der Waals surface area contributed by atoms with Crippen LogP contribution in [-0.2, 0) is 30.8 Å². The number of hydrogen-bond acceptors (Lipinski definition) is 8. The molecule has 0 aliphatic carbocycles. The van der Waals surface area contributed by atoms with E-state index in [-0.39, 0.29) is 38.0 Å². The average molecular weight is 529 g/mol. The normalized spacial score (nSPS) is 12.3. The predicted molar refractivity (Wildman–Crippen MR) is 122 cm³/mol. The molecule has 1 amide bonds. The van der Waals surface area contributed by atoms with E-state index in [1.54, 1.807) is 0 Å². The highest BCUT2D eigenvalue weighted by Gasteiger charge is 2.36. The van der Waals surface area contributed by atoms with E-state index >= 15 is 0 Å². The maximum atomic E-state index is 13.5. The SMILES string of the molecule is CNc1nc(C(F)(F)F)nc(-c2ccc(S(C)(=O)=O)cc2)c1-c1ccc(S(=O)(=O)NC(C)=O)cc1. The number of nitrogens with one attached hydrogen (secondary N) is 2. The highest BCUT2D eigenvalue weighted by Crippen LogP contribution is 2.39. The Bertz CT molecular complexity index is 1490. The summed E-state index contributed by atoms with van der Waals surface area (Å²) in [5.41, 5.74) is 0.407.